The maximum absolute atomic E-state index is 5.83. The molecule has 0 radical (unpaired) electrons. The van der Waals surface area contributed by atoms with Gasteiger partial charge in [-0.3, -0.25) is 0 Å². The van der Waals surface area contributed by atoms with E-state index in [4.69, 9.17) is 5.73 Å². The SMILES string of the molecule is CC1CCC1NC(N)=NCc1ccccc1. The van der Waals surface area contributed by atoms with Crippen LogP contribution >= 0.6 is 0 Å². The summed E-state index contributed by atoms with van der Waals surface area (Å²) in [6.07, 6.45) is 2.51. The molecule has 0 saturated heterocycles. The van der Waals surface area contributed by atoms with E-state index in [0.717, 1.165) is 5.92 Å². The van der Waals surface area contributed by atoms with Gasteiger partial charge in [0.1, 0.15) is 0 Å². The number of aliphatic imine (C=N–C) groups is 1. The van der Waals surface area contributed by atoms with Crippen molar-refractivity contribution in [3.63, 3.8) is 0 Å². The topological polar surface area (TPSA) is 50.4 Å². The Morgan fingerprint density at radius 2 is 2.12 bits per heavy atom. The molecule has 1 aliphatic rings. The standard InChI is InChI=1S/C13H19N3/c1-10-7-8-12(10)16-13(14)15-9-11-5-3-2-4-6-11/h2-6,10,12H,7-9H2,1H3,(H3,14,15,16). The fraction of sp³-hybridized carbons (Fsp3) is 0.462. The third kappa shape index (κ3) is 2.75. The van der Waals surface area contributed by atoms with E-state index in [9.17, 15) is 0 Å². The smallest absolute Gasteiger partial charge is 0.189 e. The lowest BCUT2D eigenvalue weighted by molar-refractivity contribution is 0.257. The Labute approximate surface area is 96.8 Å². The third-order valence-corrected chi connectivity index (χ3v) is 3.23. The first-order valence-corrected chi connectivity index (χ1v) is 5.86. The monoisotopic (exact) mass is 217 g/mol. The lowest BCUT2D eigenvalue weighted by Gasteiger charge is -2.34. The largest absolute Gasteiger partial charge is 0.370 e. The number of rotatable bonds is 3. The Bertz CT molecular complexity index is 359. The van der Waals surface area contributed by atoms with Crippen LogP contribution in [-0.4, -0.2) is 12.0 Å². The Balaban J connectivity index is 1.83. The lowest BCUT2D eigenvalue weighted by Crippen LogP contribution is -2.48. The van der Waals surface area contributed by atoms with E-state index in [0.29, 0.717) is 18.5 Å². The first-order chi connectivity index (χ1) is 7.75. The van der Waals surface area contributed by atoms with Crippen molar-refractivity contribution in [2.75, 3.05) is 0 Å². The van der Waals surface area contributed by atoms with Crippen LogP contribution < -0.4 is 11.1 Å². The molecule has 16 heavy (non-hydrogen) atoms. The minimum Gasteiger partial charge on any atom is -0.370 e. The fourth-order valence-corrected chi connectivity index (χ4v) is 1.88. The average molecular weight is 217 g/mol. The molecule has 2 atom stereocenters. The van der Waals surface area contributed by atoms with Crippen molar-refractivity contribution in [3.05, 3.63) is 35.9 Å². The molecule has 1 saturated carbocycles. The second kappa shape index (κ2) is 5.01. The molecular weight excluding hydrogens is 198 g/mol. The van der Waals surface area contributed by atoms with Crippen molar-refractivity contribution in [2.45, 2.75) is 32.4 Å². The van der Waals surface area contributed by atoms with Crippen LogP contribution in [0.25, 0.3) is 0 Å². The molecule has 2 unspecified atom stereocenters. The summed E-state index contributed by atoms with van der Waals surface area (Å²) in [6.45, 7) is 2.90. The van der Waals surface area contributed by atoms with Crippen LogP contribution in [0.2, 0.25) is 0 Å². The summed E-state index contributed by atoms with van der Waals surface area (Å²) in [5.41, 5.74) is 7.02. The highest BCUT2D eigenvalue weighted by atomic mass is 15.1. The van der Waals surface area contributed by atoms with E-state index >= 15 is 0 Å². The Morgan fingerprint density at radius 3 is 2.69 bits per heavy atom. The number of nitrogens with zero attached hydrogens (tertiary/aromatic N) is 1. The normalized spacial score (nSPS) is 24.9. The maximum atomic E-state index is 5.83. The van der Waals surface area contributed by atoms with E-state index in [-0.39, 0.29) is 0 Å². The van der Waals surface area contributed by atoms with Gasteiger partial charge in [-0.15, -0.1) is 0 Å². The molecule has 86 valence electrons. The van der Waals surface area contributed by atoms with Crippen molar-refractivity contribution in [1.29, 1.82) is 0 Å². The first-order valence-electron chi connectivity index (χ1n) is 5.86. The number of guanidine groups is 1. The van der Waals surface area contributed by atoms with Crippen molar-refractivity contribution in [2.24, 2.45) is 16.6 Å². The predicted octanol–water partition coefficient (Wildman–Crippen LogP) is 1.89. The lowest BCUT2D eigenvalue weighted by atomic mass is 9.81. The van der Waals surface area contributed by atoms with Crippen molar-refractivity contribution < 1.29 is 0 Å². The molecule has 0 amide bonds. The van der Waals surface area contributed by atoms with Crippen LogP contribution in [-0.2, 0) is 6.54 Å². The van der Waals surface area contributed by atoms with Gasteiger partial charge in [0.05, 0.1) is 6.54 Å². The van der Waals surface area contributed by atoms with Crippen LogP contribution in [0.4, 0.5) is 0 Å². The summed E-state index contributed by atoms with van der Waals surface area (Å²) >= 11 is 0. The number of nitrogens with one attached hydrogen (secondary N) is 1. The highest BCUT2D eigenvalue weighted by molar-refractivity contribution is 5.78. The van der Waals surface area contributed by atoms with Gasteiger partial charge in [0, 0.05) is 6.04 Å². The number of nitrogens with two attached hydrogens (primary N) is 1. The predicted molar refractivity (Wildman–Crippen MR) is 67.1 cm³/mol. The molecule has 1 fully saturated rings. The molecule has 1 aliphatic carbocycles. The van der Waals surface area contributed by atoms with Crippen molar-refractivity contribution >= 4 is 5.96 Å². The zero-order chi connectivity index (χ0) is 11.4. The summed E-state index contributed by atoms with van der Waals surface area (Å²) in [5.74, 6) is 1.30. The van der Waals surface area contributed by atoms with Gasteiger partial charge in [-0.05, 0) is 24.3 Å². The summed E-state index contributed by atoms with van der Waals surface area (Å²) in [5, 5.41) is 3.26. The highest BCUT2D eigenvalue weighted by Crippen LogP contribution is 2.25. The quantitative estimate of drug-likeness (QED) is 0.600. The summed E-state index contributed by atoms with van der Waals surface area (Å²) in [7, 11) is 0. The van der Waals surface area contributed by atoms with E-state index < -0.39 is 0 Å². The third-order valence-electron chi connectivity index (χ3n) is 3.23. The second-order valence-electron chi connectivity index (χ2n) is 4.49. The molecule has 0 heterocycles. The van der Waals surface area contributed by atoms with E-state index in [2.05, 4.69) is 29.4 Å². The van der Waals surface area contributed by atoms with E-state index in [1.165, 1.54) is 18.4 Å². The zero-order valence-corrected chi connectivity index (χ0v) is 9.69. The van der Waals surface area contributed by atoms with Gasteiger partial charge in [0.2, 0.25) is 0 Å². The minimum absolute atomic E-state index is 0.527. The summed E-state index contributed by atoms with van der Waals surface area (Å²) < 4.78 is 0. The Kier molecular flexibility index (Phi) is 3.44. The summed E-state index contributed by atoms with van der Waals surface area (Å²) in [6, 6.07) is 10.7. The average Bonchev–Trinajstić information content (AvgIpc) is 2.33. The zero-order valence-electron chi connectivity index (χ0n) is 9.69. The molecule has 2 rings (SSSR count). The molecule has 0 aromatic heterocycles. The van der Waals surface area contributed by atoms with Gasteiger partial charge in [0.25, 0.3) is 0 Å². The Hall–Kier alpha value is -1.51. The number of hydrogen-bond acceptors (Lipinski definition) is 1. The fourth-order valence-electron chi connectivity index (χ4n) is 1.88. The van der Waals surface area contributed by atoms with Crippen LogP contribution in [0.1, 0.15) is 25.3 Å². The van der Waals surface area contributed by atoms with Crippen LogP contribution in [0.15, 0.2) is 35.3 Å². The van der Waals surface area contributed by atoms with Crippen molar-refractivity contribution in [1.82, 2.24) is 5.32 Å². The van der Waals surface area contributed by atoms with E-state index in [1.807, 2.05) is 18.2 Å². The number of hydrogen-bond donors (Lipinski definition) is 2. The molecule has 0 aliphatic heterocycles. The van der Waals surface area contributed by atoms with Gasteiger partial charge < -0.3 is 11.1 Å². The molecule has 1 aromatic rings. The van der Waals surface area contributed by atoms with Gasteiger partial charge in [-0.1, -0.05) is 37.3 Å². The molecule has 3 nitrogen and oxygen atoms in total. The molecule has 0 bridgehead atoms. The summed E-state index contributed by atoms with van der Waals surface area (Å²) in [4.78, 5) is 4.33. The first kappa shape index (κ1) is 11.0. The van der Waals surface area contributed by atoms with Crippen molar-refractivity contribution in [3.8, 4) is 0 Å². The van der Waals surface area contributed by atoms with Gasteiger partial charge >= 0.3 is 0 Å². The molecular formula is C13H19N3. The minimum atomic E-state index is 0.527. The maximum Gasteiger partial charge on any atom is 0.189 e. The molecule has 3 heteroatoms. The van der Waals surface area contributed by atoms with Crippen LogP contribution in [0.3, 0.4) is 0 Å². The second-order valence-corrected chi connectivity index (χ2v) is 4.49. The molecule has 1 aromatic carbocycles. The van der Waals surface area contributed by atoms with Gasteiger partial charge in [-0.2, -0.15) is 0 Å². The molecule has 0 spiro atoms. The van der Waals surface area contributed by atoms with Gasteiger partial charge in [-0.25, -0.2) is 4.99 Å². The van der Waals surface area contributed by atoms with Crippen LogP contribution in [0, 0.1) is 5.92 Å². The Morgan fingerprint density at radius 1 is 1.38 bits per heavy atom. The molecule has 3 N–H and O–H groups in total. The van der Waals surface area contributed by atoms with Gasteiger partial charge in [0.15, 0.2) is 5.96 Å². The highest BCUT2D eigenvalue weighted by Gasteiger charge is 2.26. The van der Waals surface area contributed by atoms with Crippen LogP contribution in [0.5, 0.6) is 0 Å². The number of benzene rings is 1. The van der Waals surface area contributed by atoms with E-state index in [1.54, 1.807) is 0 Å².